The molecule has 0 spiro atoms. The number of benzene rings is 1. The number of ether oxygens (including phenoxy) is 1. The minimum absolute atomic E-state index is 0.112. The molecule has 1 aromatic rings. The lowest BCUT2D eigenvalue weighted by atomic mass is 10.1. The number of nitrogens with zero attached hydrogens (tertiary/aromatic N) is 1. The first-order valence-corrected chi connectivity index (χ1v) is 7.08. The van der Waals surface area contributed by atoms with Crippen molar-refractivity contribution in [3.63, 3.8) is 0 Å². The zero-order valence-corrected chi connectivity index (χ0v) is 13.4. The molecule has 0 aliphatic rings. The molecule has 1 rings (SSSR count). The summed E-state index contributed by atoms with van der Waals surface area (Å²) >= 11 is 6.16. The van der Waals surface area contributed by atoms with Gasteiger partial charge < -0.3 is 9.64 Å². The second-order valence-electron chi connectivity index (χ2n) is 5.17. The van der Waals surface area contributed by atoms with Gasteiger partial charge in [0, 0.05) is 12.1 Å². The highest BCUT2D eigenvalue weighted by Gasteiger charge is 2.22. The Morgan fingerprint density at radius 3 is 2.05 bits per heavy atom. The van der Waals surface area contributed by atoms with Crippen molar-refractivity contribution in [3.05, 3.63) is 34.9 Å². The first-order valence-electron chi connectivity index (χ1n) is 6.70. The van der Waals surface area contributed by atoms with Crippen molar-refractivity contribution in [2.24, 2.45) is 0 Å². The second kappa shape index (κ2) is 7.34. The van der Waals surface area contributed by atoms with Gasteiger partial charge in [-0.2, -0.15) is 0 Å². The predicted molar refractivity (Wildman–Crippen MR) is 83.9 cm³/mol. The molecule has 0 bridgehead atoms. The van der Waals surface area contributed by atoms with E-state index >= 15 is 0 Å². The van der Waals surface area contributed by atoms with Crippen molar-refractivity contribution in [1.82, 2.24) is 4.90 Å². The van der Waals surface area contributed by atoms with E-state index in [2.05, 4.69) is 0 Å². The maximum atomic E-state index is 12.4. The van der Waals surface area contributed by atoms with Crippen LogP contribution in [0, 0.1) is 0 Å². The third-order valence-corrected chi connectivity index (χ3v) is 3.23. The van der Waals surface area contributed by atoms with Crippen LogP contribution in [0.15, 0.2) is 29.3 Å². The van der Waals surface area contributed by atoms with Crippen LogP contribution in [0.25, 0.3) is 6.08 Å². The number of carbonyl (C=O) groups is 1. The van der Waals surface area contributed by atoms with Crippen molar-refractivity contribution in [1.29, 1.82) is 0 Å². The minimum atomic E-state index is -0.146. The molecule has 20 heavy (non-hydrogen) atoms. The van der Waals surface area contributed by atoms with E-state index in [4.69, 9.17) is 16.3 Å². The summed E-state index contributed by atoms with van der Waals surface area (Å²) in [5.74, 6) is 0.628. The number of hydrogen-bond acceptors (Lipinski definition) is 2. The fourth-order valence-electron chi connectivity index (χ4n) is 2.10. The summed E-state index contributed by atoms with van der Waals surface area (Å²) in [4.78, 5) is 14.1. The molecule has 0 saturated heterocycles. The molecule has 0 aliphatic carbocycles. The summed E-state index contributed by atoms with van der Waals surface area (Å²) in [6.07, 6.45) is 1.68. The quantitative estimate of drug-likeness (QED) is 0.771. The Kier molecular flexibility index (Phi) is 6.08. The smallest absolute Gasteiger partial charge is 0.265 e. The molecule has 0 saturated carbocycles. The summed E-state index contributed by atoms with van der Waals surface area (Å²) in [7, 11) is 1.62. The van der Waals surface area contributed by atoms with Crippen molar-refractivity contribution in [2.45, 2.75) is 39.8 Å². The maximum absolute atomic E-state index is 12.4. The molecule has 1 aromatic carbocycles. The lowest BCUT2D eigenvalue weighted by Crippen LogP contribution is -2.42. The van der Waals surface area contributed by atoms with Gasteiger partial charge in [-0.15, -0.1) is 0 Å². The molecule has 0 fully saturated rings. The first kappa shape index (κ1) is 16.6. The van der Waals surface area contributed by atoms with Gasteiger partial charge in [-0.05, 0) is 51.5 Å². The monoisotopic (exact) mass is 295 g/mol. The maximum Gasteiger partial charge on any atom is 0.265 e. The number of methoxy groups -OCH3 is 1. The molecule has 3 nitrogen and oxygen atoms in total. The highest BCUT2D eigenvalue weighted by Crippen LogP contribution is 2.19. The largest absolute Gasteiger partial charge is 0.497 e. The molecular formula is C16H22ClNO2. The van der Waals surface area contributed by atoms with Gasteiger partial charge in [0.1, 0.15) is 10.8 Å². The van der Waals surface area contributed by atoms with E-state index in [1.807, 2.05) is 52.0 Å². The summed E-state index contributed by atoms with van der Waals surface area (Å²) in [6, 6.07) is 7.63. The number of halogens is 1. The van der Waals surface area contributed by atoms with Gasteiger partial charge in [0.2, 0.25) is 0 Å². The normalized spacial score (nSPS) is 11.9. The highest BCUT2D eigenvalue weighted by atomic mass is 35.5. The van der Waals surface area contributed by atoms with Gasteiger partial charge in [0.15, 0.2) is 0 Å². The van der Waals surface area contributed by atoms with E-state index in [0.717, 1.165) is 11.3 Å². The first-order chi connectivity index (χ1) is 9.36. The fourth-order valence-corrected chi connectivity index (χ4v) is 2.32. The molecule has 0 atom stereocenters. The molecule has 0 aliphatic heterocycles. The summed E-state index contributed by atoms with van der Waals surface area (Å²) in [5.41, 5.74) is 0.872. The van der Waals surface area contributed by atoms with Crippen LogP contribution in [0.5, 0.6) is 5.75 Å². The Morgan fingerprint density at radius 2 is 1.65 bits per heavy atom. The van der Waals surface area contributed by atoms with Crippen LogP contribution in [0.1, 0.15) is 33.3 Å². The Hall–Kier alpha value is -1.48. The molecule has 110 valence electrons. The fraction of sp³-hybridized carbons (Fsp3) is 0.438. The van der Waals surface area contributed by atoms with Crippen LogP contribution >= 0.6 is 11.6 Å². The standard InChI is InChI=1S/C16H22ClNO2/c1-11(2)18(12(3)4)16(19)15(17)10-13-6-8-14(20-5)9-7-13/h6-12H,1-5H3/b15-10-. The predicted octanol–water partition coefficient (Wildman–Crippen LogP) is 3.92. The van der Waals surface area contributed by atoms with E-state index in [9.17, 15) is 4.79 Å². The molecule has 4 heteroatoms. The van der Waals surface area contributed by atoms with Gasteiger partial charge in [-0.1, -0.05) is 23.7 Å². The molecule has 1 amide bonds. The van der Waals surface area contributed by atoms with Crippen molar-refractivity contribution >= 4 is 23.6 Å². The zero-order chi connectivity index (χ0) is 15.3. The Labute approximate surface area is 126 Å². The lowest BCUT2D eigenvalue weighted by molar-refractivity contribution is -0.129. The average molecular weight is 296 g/mol. The second-order valence-corrected chi connectivity index (χ2v) is 5.57. The van der Waals surface area contributed by atoms with E-state index in [1.54, 1.807) is 18.1 Å². The lowest BCUT2D eigenvalue weighted by Gasteiger charge is -2.30. The summed E-state index contributed by atoms with van der Waals surface area (Å²) in [5, 5.41) is 0.220. The Bertz CT molecular complexity index is 470. The molecule has 0 unspecified atom stereocenters. The van der Waals surface area contributed by atoms with Gasteiger partial charge in [0.05, 0.1) is 7.11 Å². The zero-order valence-electron chi connectivity index (χ0n) is 12.7. The SMILES string of the molecule is COc1ccc(/C=C(\Cl)C(=O)N(C(C)C)C(C)C)cc1. The number of rotatable bonds is 5. The van der Waals surface area contributed by atoms with Gasteiger partial charge >= 0.3 is 0 Å². The summed E-state index contributed by atoms with van der Waals surface area (Å²) < 4.78 is 5.09. The van der Waals surface area contributed by atoms with E-state index < -0.39 is 0 Å². The third kappa shape index (κ3) is 4.27. The van der Waals surface area contributed by atoms with Crippen LogP contribution in [-0.2, 0) is 4.79 Å². The molecular weight excluding hydrogens is 274 g/mol. The van der Waals surface area contributed by atoms with Crippen molar-refractivity contribution in [2.75, 3.05) is 7.11 Å². The van der Waals surface area contributed by atoms with Crippen molar-refractivity contribution < 1.29 is 9.53 Å². The average Bonchev–Trinajstić information content (AvgIpc) is 2.38. The molecule has 0 N–H and O–H groups in total. The van der Waals surface area contributed by atoms with Gasteiger partial charge in [0.25, 0.3) is 5.91 Å². The molecule has 0 radical (unpaired) electrons. The topological polar surface area (TPSA) is 29.5 Å². The number of amides is 1. The van der Waals surface area contributed by atoms with Crippen molar-refractivity contribution in [3.8, 4) is 5.75 Å². The Morgan fingerprint density at radius 1 is 1.15 bits per heavy atom. The highest BCUT2D eigenvalue weighted by molar-refractivity contribution is 6.44. The number of hydrogen-bond donors (Lipinski definition) is 0. The van der Waals surface area contributed by atoms with Crippen LogP contribution in [0.4, 0.5) is 0 Å². The van der Waals surface area contributed by atoms with Crippen LogP contribution in [-0.4, -0.2) is 30.0 Å². The molecule has 0 heterocycles. The van der Waals surface area contributed by atoms with Crippen LogP contribution in [0.3, 0.4) is 0 Å². The van der Waals surface area contributed by atoms with E-state index in [0.29, 0.717) is 0 Å². The van der Waals surface area contributed by atoms with Gasteiger partial charge in [-0.25, -0.2) is 0 Å². The van der Waals surface area contributed by atoms with E-state index in [1.165, 1.54) is 0 Å². The Balaban J connectivity index is 2.93. The summed E-state index contributed by atoms with van der Waals surface area (Å²) in [6.45, 7) is 7.93. The third-order valence-electron chi connectivity index (χ3n) is 2.96. The van der Waals surface area contributed by atoms with Crippen LogP contribution in [0.2, 0.25) is 0 Å². The van der Waals surface area contributed by atoms with Gasteiger partial charge in [-0.3, -0.25) is 4.79 Å². The van der Waals surface area contributed by atoms with Crippen LogP contribution < -0.4 is 4.74 Å². The van der Waals surface area contributed by atoms with E-state index in [-0.39, 0.29) is 23.0 Å². The minimum Gasteiger partial charge on any atom is -0.497 e. The number of carbonyl (C=O) groups excluding carboxylic acids is 1. The molecule has 0 aromatic heterocycles.